The summed E-state index contributed by atoms with van der Waals surface area (Å²) in [6.07, 6.45) is 0. The molecule has 0 aliphatic heterocycles. The topological polar surface area (TPSA) is 139 Å². The van der Waals surface area contributed by atoms with Gasteiger partial charge >= 0.3 is 12.0 Å². The van der Waals surface area contributed by atoms with Crippen LogP contribution in [-0.2, 0) is 10.0 Å². The van der Waals surface area contributed by atoms with Crippen LogP contribution in [0.15, 0.2) is 22.7 Å². The Hall–Kier alpha value is -1.65. The number of urea groups is 1. The summed E-state index contributed by atoms with van der Waals surface area (Å²) in [6.45, 7) is -0.152. The highest BCUT2D eigenvalue weighted by Crippen LogP contribution is 2.23. The van der Waals surface area contributed by atoms with Crippen molar-refractivity contribution in [2.24, 2.45) is 5.14 Å². The largest absolute Gasteiger partial charge is 0.478 e. The predicted octanol–water partition coefficient (Wildman–Crippen LogP) is 0.557. The molecule has 8 nitrogen and oxygen atoms in total. The van der Waals surface area contributed by atoms with E-state index in [0.29, 0.717) is 4.47 Å². The number of carbonyl (C=O) groups is 2. The lowest BCUT2D eigenvalue weighted by Crippen LogP contribution is -2.34. The molecule has 0 fully saturated rings. The molecule has 0 radical (unpaired) electrons. The van der Waals surface area contributed by atoms with Gasteiger partial charge in [-0.3, -0.25) is 0 Å². The SMILES string of the molecule is NS(=O)(=O)CCNC(=O)Nc1cc(C(=O)O)ccc1Br. The molecule has 10 heteroatoms. The average Bonchev–Trinajstić information content (AvgIpc) is 2.30. The number of aromatic carboxylic acids is 1. The lowest BCUT2D eigenvalue weighted by Gasteiger charge is -2.09. The van der Waals surface area contributed by atoms with E-state index < -0.39 is 27.8 Å². The highest BCUT2D eigenvalue weighted by atomic mass is 79.9. The van der Waals surface area contributed by atoms with Crippen LogP contribution < -0.4 is 15.8 Å². The van der Waals surface area contributed by atoms with Gasteiger partial charge in [-0.15, -0.1) is 0 Å². The van der Waals surface area contributed by atoms with Crippen LogP contribution in [0.5, 0.6) is 0 Å². The van der Waals surface area contributed by atoms with Crippen LogP contribution in [0.25, 0.3) is 0 Å². The first-order chi connectivity index (χ1) is 9.19. The lowest BCUT2D eigenvalue weighted by atomic mass is 10.2. The van der Waals surface area contributed by atoms with Crippen LogP contribution in [0.2, 0.25) is 0 Å². The van der Waals surface area contributed by atoms with Gasteiger partial charge < -0.3 is 15.7 Å². The second kappa shape index (κ2) is 6.68. The number of rotatable bonds is 5. The van der Waals surface area contributed by atoms with Crippen molar-refractivity contribution in [2.45, 2.75) is 0 Å². The molecule has 0 aromatic heterocycles. The van der Waals surface area contributed by atoms with Crippen LogP contribution in [-0.4, -0.2) is 37.8 Å². The maximum Gasteiger partial charge on any atom is 0.335 e. The number of anilines is 1. The third-order valence-corrected chi connectivity index (χ3v) is 3.60. The van der Waals surface area contributed by atoms with Gasteiger partial charge in [-0.05, 0) is 34.1 Å². The van der Waals surface area contributed by atoms with E-state index in [1.54, 1.807) is 0 Å². The average molecular weight is 366 g/mol. The number of nitrogens with one attached hydrogen (secondary N) is 2. The smallest absolute Gasteiger partial charge is 0.335 e. The fourth-order valence-electron chi connectivity index (χ4n) is 1.23. The molecule has 0 aliphatic rings. The Morgan fingerprint density at radius 1 is 1.35 bits per heavy atom. The summed E-state index contributed by atoms with van der Waals surface area (Å²) in [6, 6.07) is 3.45. The Morgan fingerprint density at radius 3 is 2.55 bits per heavy atom. The summed E-state index contributed by atoms with van der Waals surface area (Å²) in [5.74, 6) is -1.52. The van der Waals surface area contributed by atoms with Crippen molar-refractivity contribution >= 4 is 43.6 Å². The van der Waals surface area contributed by atoms with Gasteiger partial charge in [0.1, 0.15) is 0 Å². The van der Waals surface area contributed by atoms with Gasteiger partial charge in [0.2, 0.25) is 10.0 Å². The molecule has 0 saturated heterocycles. The molecule has 20 heavy (non-hydrogen) atoms. The first-order valence-corrected chi connectivity index (χ1v) is 7.78. The summed E-state index contributed by atoms with van der Waals surface area (Å²) >= 11 is 3.16. The van der Waals surface area contributed by atoms with Crippen molar-refractivity contribution in [1.29, 1.82) is 0 Å². The van der Waals surface area contributed by atoms with Crippen LogP contribution in [0.4, 0.5) is 10.5 Å². The molecule has 1 rings (SSSR count). The fraction of sp³-hybridized carbons (Fsp3) is 0.200. The fourth-order valence-corrected chi connectivity index (χ4v) is 1.96. The summed E-state index contributed by atoms with van der Waals surface area (Å²) in [7, 11) is -3.65. The Labute approximate surface area is 123 Å². The van der Waals surface area contributed by atoms with E-state index >= 15 is 0 Å². The van der Waals surface area contributed by atoms with Crippen LogP contribution in [0.1, 0.15) is 10.4 Å². The van der Waals surface area contributed by atoms with Crippen LogP contribution in [0, 0.1) is 0 Å². The number of primary sulfonamides is 1. The number of sulfonamides is 1. The van der Waals surface area contributed by atoms with Crippen molar-refractivity contribution in [1.82, 2.24) is 5.32 Å². The lowest BCUT2D eigenvalue weighted by molar-refractivity contribution is 0.0697. The monoisotopic (exact) mass is 365 g/mol. The molecule has 0 saturated carbocycles. The summed E-state index contributed by atoms with van der Waals surface area (Å²) < 4.78 is 21.8. The third-order valence-electron chi connectivity index (χ3n) is 2.13. The number of benzene rings is 1. The molecule has 0 atom stereocenters. The van der Waals surface area contributed by atoms with E-state index in [9.17, 15) is 18.0 Å². The van der Waals surface area contributed by atoms with Crippen molar-refractivity contribution in [2.75, 3.05) is 17.6 Å². The van der Waals surface area contributed by atoms with Crippen molar-refractivity contribution in [3.63, 3.8) is 0 Å². The maximum atomic E-state index is 11.5. The van der Waals surface area contributed by atoms with E-state index in [1.807, 2.05) is 0 Å². The molecule has 0 bridgehead atoms. The normalized spacial score (nSPS) is 10.9. The predicted molar refractivity (Wildman–Crippen MR) is 76.1 cm³/mol. The number of hydrogen-bond donors (Lipinski definition) is 4. The summed E-state index contributed by atoms with van der Waals surface area (Å²) in [4.78, 5) is 22.3. The van der Waals surface area contributed by atoms with Gasteiger partial charge in [-0.2, -0.15) is 0 Å². The van der Waals surface area contributed by atoms with Gasteiger partial charge in [0.15, 0.2) is 0 Å². The molecule has 2 amide bonds. The van der Waals surface area contributed by atoms with E-state index in [1.165, 1.54) is 18.2 Å². The van der Waals surface area contributed by atoms with Crippen LogP contribution in [0.3, 0.4) is 0 Å². The second-order valence-corrected chi connectivity index (χ2v) is 6.34. The zero-order valence-electron chi connectivity index (χ0n) is 10.1. The van der Waals surface area contributed by atoms with Gasteiger partial charge in [0.25, 0.3) is 0 Å². The molecule has 0 spiro atoms. The number of amides is 2. The molecular weight excluding hydrogens is 354 g/mol. The maximum absolute atomic E-state index is 11.5. The minimum absolute atomic E-state index is 0.00744. The Kier molecular flexibility index (Phi) is 5.48. The van der Waals surface area contributed by atoms with Gasteiger partial charge in [0, 0.05) is 11.0 Å². The van der Waals surface area contributed by atoms with Gasteiger partial charge in [-0.1, -0.05) is 0 Å². The Bertz CT molecular complexity index is 632. The number of carbonyl (C=O) groups excluding carboxylic acids is 1. The van der Waals surface area contributed by atoms with Crippen LogP contribution >= 0.6 is 15.9 Å². The molecule has 110 valence electrons. The number of hydrogen-bond acceptors (Lipinski definition) is 4. The zero-order valence-corrected chi connectivity index (χ0v) is 12.5. The Morgan fingerprint density at radius 2 is 2.00 bits per heavy atom. The summed E-state index contributed by atoms with van der Waals surface area (Å²) in [5.41, 5.74) is 0.256. The van der Waals surface area contributed by atoms with Crippen molar-refractivity contribution < 1.29 is 23.1 Å². The molecule has 0 unspecified atom stereocenters. The van der Waals surface area contributed by atoms with Crippen molar-refractivity contribution in [3.8, 4) is 0 Å². The highest BCUT2D eigenvalue weighted by Gasteiger charge is 2.10. The van der Waals surface area contributed by atoms with E-state index in [4.69, 9.17) is 10.2 Å². The minimum Gasteiger partial charge on any atom is -0.478 e. The third kappa shape index (κ3) is 5.55. The van der Waals surface area contributed by atoms with Gasteiger partial charge in [0.05, 0.1) is 17.0 Å². The van der Waals surface area contributed by atoms with Gasteiger partial charge in [-0.25, -0.2) is 23.1 Å². The molecule has 0 aliphatic carbocycles. The van der Waals surface area contributed by atoms with Crippen molar-refractivity contribution in [3.05, 3.63) is 28.2 Å². The number of carboxylic acids is 1. The second-order valence-electron chi connectivity index (χ2n) is 3.75. The molecule has 1 aromatic carbocycles. The standard InChI is InChI=1S/C10H12BrN3O5S/c11-7-2-1-6(9(15)16)5-8(7)14-10(17)13-3-4-20(12,18)19/h1-2,5H,3-4H2,(H,15,16)(H2,12,18,19)(H2,13,14,17). The molecule has 0 heterocycles. The first kappa shape index (κ1) is 16.4. The quantitative estimate of drug-likeness (QED) is 0.603. The number of nitrogens with two attached hydrogens (primary N) is 1. The van der Waals surface area contributed by atoms with E-state index in [-0.39, 0.29) is 17.8 Å². The highest BCUT2D eigenvalue weighted by molar-refractivity contribution is 9.10. The summed E-state index contributed by atoms with van der Waals surface area (Å²) in [5, 5.41) is 18.3. The minimum atomic E-state index is -3.65. The van der Waals surface area contributed by atoms with E-state index in [2.05, 4.69) is 26.6 Å². The molecular formula is C10H12BrN3O5S. The molecule has 1 aromatic rings. The first-order valence-electron chi connectivity index (χ1n) is 5.27. The molecule has 5 N–H and O–H groups in total. The zero-order chi connectivity index (χ0) is 15.3. The number of carboxylic acid groups (broad SMARTS) is 1. The van der Waals surface area contributed by atoms with E-state index in [0.717, 1.165) is 0 Å². The Balaban J connectivity index is 2.66. The number of halogens is 1.